The van der Waals surface area contributed by atoms with Crippen molar-refractivity contribution in [3.05, 3.63) is 24.3 Å². The van der Waals surface area contributed by atoms with E-state index in [0.29, 0.717) is 12.6 Å². The summed E-state index contributed by atoms with van der Waals surface area (Å²) in [6, 6.07) is 8.75. The first-order chi connectivity index (χ1) is 11.2. The predicted octanol–water partition coefficient (Wildman–Crippen LogP) is 1.31. The number of rotatable bonds is 6. The number of nitrogens with zero attached hydrogens (tertiary/aromatic N) is 3. The van der Waals surface area contributed by atoms with Crippen LogP contribution in [-0.2, 0) is 4.74 Å². The third-order valence-electron chi connectivity index (χ3n) is 4.25. The van der Waals surface area contributed by atoms with Gasteiger partial charge in [-0.3, -0.25) is 4.90 Å². The normalized spacial score (nSPS) is 21.9. The molecule has 6 heteroatoms. The summed E-state index contributed by atoms with van der Waals surface area (Å²) >= 11 is 0. The van der Waals surface area contributed by atoms with Crippen molar-refractivity contribution in [2.75, 3.05) is 50.8 Å². The number of ether oxygens (including phenoxy) is 2. The molecule has 1 atom stereocenters. The molecule has 2 aliphatic rings. The van der Waals surface area contributed by atoms with E-state index >= 15 is 0 Å². The Labute approximate surface area is 137 Å². The summed E-state index contributed by atoms with van der Waals surface area (Å²) in [7, 11) is 0. The molecule has 0 saturated carbocycles. The van der Waals surface area contributed by atoms with Crippen molar-refractivity contribution in [3.63, 3.8) is 0 Å². The highest BCUT2D eigenvalue weighted by atomic mass is 16.5. The molecule has 1 aromatic rings. The zero-order chi connectivity index (χ0) is 16.1. The number of benzene rings is 1. The van der Waals surface area contributed by atoms with Crippen molar-refractivity contribution in [1.82, 2.24) is 4.90 Å². The van der Waals surface area contributed by atoms with Crippen molar-refractivity contribution in [2.24, 2.45) is 10.7 Å². The fourth-order valence-corrected chi connectivity index (χ4v) is 2.98. The third-order valence-corrected chi connectivity index (χ3v) is 4.25. The minimum Gasteiger partial charge on any atom is -0.494 e. The van der Waals surface area contributed by atoms with Gasteiger partial charge in [0.2, 0.25) is 0 Å². The van der Waals surface area contributed by atoms with Crippen molar-refractivity contribution in [2.45, 2.75) is 19.4 Å². The number of anilines is 1. The van der Waals surface area contributed by atoms with E-state index in [1.165, 1.54) is 5.69 Å². The van der Waals surface area contributed by atoms with Crippen LogP contribution in [0.3, 0.4) is 0 Å². The van der Waals surface area contributed by atoms with Gasteiger partial charge in [-0.15, -0.1) is 0 Å². The summed E-state index contributed by atoms with van der Waals surface area (Å²) in [4.78, 5) is 8.94. The maximum Gasteiger partial charge on any atom is 0.282 e. The molecular weight excluding hydrogens is 292 g/mol. The molecule has 3 rings (SSSR count). The van der Waals surface area contributed by atoms with E-state index in [4.69, 9.17) is 15.2 Å². The number of hydrogen-bond acceptors (Lipinski definition) is 6. The highest BCUT2D eigenvalue weighted by Gasteiger charge is 2.24. The third kappa shape index (κ3) is 4.28. The van der Waals surface area contributed by atoms with Gasteiger partial charge in [-0.05, 0) is 30.7 Å². The Morgan fingerprint density at radius 2 is 1.96 bits per heavy atom. The van der Waals surface area contributed by atoms with Crippen molar-refractivity contribution in [3.8, 4) is 5.75 Å². The lowest BCUT2D eigenvalue weighted by molar-refractivity contribution is 0.139. The van der Waals surface area contributed by atoms with Crippen LogP contribution in [0.5, 0.6) is 5.75 Å². The topological polar surface area (TPSA) is 63.3 Å². The molecule has 126 valence electrons. The van der Waals surface area contributed by atoms with Gasteiger partial charge in [0.15, 0.2) is 0 Å². The second kappa shape index (κ2) is 7.55. The van der Waals surface area contributed by atoms with Gasteiger partial charge in [0, 0.05) is 38.4 Å². The fourth-order valence-electron chi connectivity index (χ4n) is 2.98. The summed E-state index contributed by atoms with van der Waals surface area (Å²) in [5, 5.41) is 0. The van der Waals surface area contributed by atoms with E-state index in [2.05, 4.69) is 46.0 Å². The van der Waals surface area contributed by atoms with E-state index in [1.54, 1.807) is 0 Å². The van der Waals surface area contributed by atoms with Gasteiger partial charge in [-0.25, -0.2) is 4.99 Å². The van der Waals surface area contributed by atoms with Crippen LogP contribution in [0.1, 0.15) is 13.3 Å². The molecule has 6 nitrogen and oxygen atoms in total. The van der Waals surface area contributed by atoms with E-state index in [-0.39, 0.29) is 6.10 Å². The lowest BCUT2D eigenvalue weighted by atomic mass is 10.2. The van der Waals surface area contributed by atoms with Gasteiger partial charge in [0.05, 0.1) is 13.2 Å². The first-order valence-electron chi connectivity index (χ1n) is 8.41. The van der Waals surface area contributed by atoms with Crippen LogP contribution in [0.2, 0.25) is 0 Å². The van der Waals surface area contributed by atoms with Crippen LogP contribution in [0.4, 0.5) is 5.69 Å². The second-order valence-corrected chi connectivity index (χ2v) is 6.05. The highest BCUT2D eigenvalue weighted by molar-refractivity contribution is 5.73. The Balaban J connectivity index is 1.45. The fraction of sp³-hybridized carbons (Fsp3) is 0.588. The Bertz CT molecular complexity index is 524. The molecule has 0 amide bonds. The monoisotopic (exact) mass is 318 g/mol. The zero-order valence-corrected chi connectivity index (χ0v) is 13.8. The summed E-state index contributed by atoms with van der Waals surface area (Å²) in [6.45, 7) is 8.60. The average molecular weight is 318 g/mol. The standard InChI is InChI=1S/C17H26N4O2/c1-2-11-22-15-5-3-14(4-6-15)21-9-7-20(8-10-21)13-16-12-19-17(18)23-16/h3-6,16H,2,7-13H2,1H3,(H2,18,19). The maximum atomic E-state index is 5.64. The predicted molar refractivity (Wildman–Crippen MR) is 92.2 cm³/mol. The zero-order valence-electron chi connectivity index (χ0n) is 13.8. The van der Waals surface area contributed by atoms with Crippen molar-refractivity contribution < 1.29 is 9.47 Å². The van der Waals surface area contributed by atoms with Crippen LogP contribution in [0.25, 0.3) is 0 Å². The van der Waals surface area contributed by atoms with Gasteiger partial charge in [0.25, 0.3) is 6.02 Å². The number of nitrogens with two attached hydrogens (primary N) is 1. The van der Waals surface area contributed by atoms with Crippen molar-refractivity contribution >= 4 is 11.7 Å². The number of aliphatic imine (C=N–C) groups is 1. The molecular formula is C17H26N4O2. The van der Waals surface area contributed by atoms with Gasteiger partial charge < -0.3 is 20.1 Å². The van der Waals surface area contributed by atoms with Gasteiger partial charge >= 0.3 is 0 Å². The van der Waals surface area contributed by atoms with Crippen LogP contribution < -0.4 is 15.4 Å². The number of hydrogen-bond donors (Lipinski definition) is 1. The SMILES string of the molecule is CCCOc1ccc(N2CCN(CC3CN=C(N)O3)CC2)cc1. The molecule has 0 spiro atoms. The van der Waals surface area contributed by atoms with Gasteiger partial charge in [-0.2, -0.15) is 0 Å². The quantitative estimate of drug-likeness (QED) is 0.857. The van der Waals surface area contributed by atoms with Crippen LogP contribution in [0, 0.1) is 0 Å². The lowest BCUT2D eigenvalue weighted by Crippen LogP contribution is -2.49. The minimum atomic E-state index is 0.122. The molecule has 23 heavy (non-hydrogen) atoms. The summed E-state index contributed by atoms with van der Waals surface area (Å²) in [6.07, 6.45) is 1.15. The lowest BCUT2D eigenvalue weighted by Gasteiger charge is -2.36. The molecule has 1 saturated heterocycles. The first kappa shape index (κ1) is 15.9. The van der Waals surface area contributed by atoms with Crippen LogP contribution in [0.15, 0.2) is 29.3 Å². The molecule has 2 aliphatic heterocycles. The van der Waals surface area contributed by atoms with Gasteiger partial charge in [0.1, 0.15) is 11.9 Å². The van der Waals surface area contributed by atoms with Crippen molar-refractivity contribution in [1.29, 1.82) is 0 Å². The van der Waals surface area contributed by atoms with Gasteiger partial charge in [-0.1, -0.05) is 6.92 Å². The molecule has 0 radical (unpaired) electrons. The Kier molecular flexibility index (Phi) is 5.23. The molecule has 1 aromatic carbocycles. The average Bonchev–Trinajstić information content (AvgIpc) is 2.99. The number of amidine groups is 1. The molecule has 0 aromatic heterocycles. The van der Waals surface area contributed by atoms with Crippen LogP contribution in [-0.4, -0.2) is 62.9 Å². The van der Waals surface area contributed by atoms with Crippen LogP contribution >= 0.6 is 0 Å². The highest BCUT2D eigenvalue weighted by Crippen LogP contribution is 2.21. The minimum absolute atomic E-state index is 0.122. The second-order valence-electron chi connectivity index (χ2n) is 6.05. The molecule has 2 heterocycles. The summed E-state index contributed by atoms with van der Waals surface area (Å²) < 4.78 is 11.1. The summed E-state index contributed by atoms with van der Waals surface area (Å²) in [5.41, 5.74) is 6.82. The van der Waals surface area contributed by atoms with E-state index in [0.717, 1.165) is 51.5 Å². The number of piperazine rings is 1. The largest absolute Gasteiger partial charge is 0.494 e. The molecule has 1 unspecified atom stereocenters. The maximum absolute atomic E-state index is 5.64. The Hall–Kier alpha value is -1.95. The Morgan fingerprint density at radius 3 is 2.57 bits per heavy atom. The molecule has 0 aliphatic carbocycles. The molecule has 2 N–H and O–H groups in total. The molecule has 1 fully saturated rings. The Morgan fingerprint density at radius 1 is 1.22 bits per heavy atom. The van der Waals surface area contributed by atoms with E-state index < -0.39 is 0 Å². The van der Waals surface area contributed by atoms with E-state index in [1.807, 2.05) is 0 Å². The van der Waals surface area contributed by atoms with E-state index in [9.17, 15) is 0 Å². The summed E-state index contributed by atoms with van der Waals surface area (Å²) in [5.74, 6) is 0.949. The molecule has 0 bridgehead atoms. The smallest absolute Gasteiger partial charge is 0.282 e. The first-order valence-corrected chi connectivity index (χ1v) is 8.41.